The summed E-state index contributed by atoms with van der Waals surface area (Å²) >= 11 is 0. The predicted octanol–water partition coefficient (Wildman–Crippen LogP) is 1.48. The van der Waals surface area contributed by atoms with Gasteiger partial charge in [0.25, 0.3) is 5.91 Å². The molecule has 1 heterocycles. The molecule has 2 aromatic rings. The van der Waals surface area contributed by atoms with E-state index in [1.54, 1.807) is 30.3 Å². The number of rotatable bonds is 3. The van der Waals surface area contributed by atoms with Gasteiger partial charge < -0.3 is 0 Å². The molecule has 1 aromatic heterocycles. The summed E-state index contributed by atoms with van der Waals surface area (Å²) in [5.41, 5.74) is 1.34. The number of nitrogens with two attached hydrogens (primary N) is 1. The minimum absolute atomic E-state index is 0.479. The molecule has 0 saturated carbocycles. The minimum atomic E-state index is -4.56. The molecule has 1 amide bonds. The van der Waals surface area contributed by atoms with Crippen LogP contribution < -0.4 is 11.3 Å². The summed E-state index contributed by atoms with van der Waals surface area (Å²) in [6.07, 6.45) is -3.47. The lowest BCUT2D eigenvalue weighted by atomic mass is 10.1. The summed E-state index contributed by atoms with van der Waals surface area (Å²) in [6.45, 7) is 0. The average molecular weight is 284 g/mol. The fraction of sp³-hybridized carbons (Fsp3) is 0.167. The van der Waals surface area contributed by atoms with E-state index in [9.17, 15) is 18.0 Å². The molecule has 0 bridgehead atoms. The molecule has 3 N–H and O–H groups in total. The number of hydrogen-bond acceptors (Lipinski definition) is 3. The second kappa shape index (κ2) is 5.33. The largest absolute Gasteiger partial charge is 0.435 e. The first-order chi connectivity index (χ1) is 9.43. The van der Waals surface area contributed by atoms with E-state index in [1.807, 2.05) is 5.43 Å². The van der Waals surface area contributed by atoms with Crippen molar-refractivity contribution in [1.29, 1.82) is 0 Å². The van der Waals surface area contributed by atoms with E-state index in [0.29, 0.717) is 5.56 Å². The normalized spacial score (nSPS) is 13.0. The van der Waals surface area contributed by atoms with E-state index in [4.69, 9.17) is 5.84 Å². The van der Waals surface area contributed by atoms with E-state index < -0.39 is 23.8 Å². The van der Waals surface area contributed by atoms with Crippen molar-refractivity contribution in [2.45, 2.75) is 12.2 Å². The van der Waals surface area contributed by atoms with E-state index in [2.05, 4.69) is 5.10 Å². The molecule has 8 heteroatoms. The highest BCUT2D eigenvalue weighted by Gasteiger charge is 2.35. The zero-order chi connectivity index (χ0) is 14.8. The van der Waals surface area contributed by atoms with Crippen LogP contribution in [0.4, 0.5) is 13.2 Å². The lowest BCUT2D eigenvalue weighted by molar-refractivity contribution is -0.142. The van der Waals surface area contributed by atoms with Crippen LogP contribution in [-0.4, -0.2) is 15.7 Å². The second-order valence-electron chi connectivity index (χ2n) is 4.00. The minimum Gasteiger partial charge on any atom is -0.292 e. The lowest BCUT2D eigenvalue weighted by Gasteiger charge is -2.16. The van der Waals surface area contributed by atoms with Gasteiger partial charge in [0.1, 0.15) is 0 Å². The molecule has 106 valence electrons. The van der Waals surface area contributed by atoms with Crippen LogP contribution >= 0.6 is 0 Å². The molecule has 2 rings (SSSR count). The maximum absolute atomic E-state index is 12.5. The summed E-state index contributed by atoms with van der Waals surface area (Å²) in [4.78, 5) is 11.8. The Balaban J connectivity index is 2.43. The first kappa shape index (κ1) is 14.1. The Morgan fingerprint density at radius 3 is 2.40 bits per heavy atom. The van der Waals surface area contributed by atoms with E-state index in [1.165, 1.54) is 0 Å². The highest BCUT2D eigenvalue weighted by molar-refractivity contribution is 5.82. The standard InChI is InChI=1S/C12H11F3N4O/c13-12(14,15)9-6-7-19(18-9)10(11(20)17-16)8-4-2-1-3-5-8/h1-7,10H,16H2,(H,17,20). The maximum atomic E-state index is 12.5. The van der Waals surface area contributed by atoms with Crippen LogP contribution in [0.5, 0.6) is 0 Å². The molecule has 1 unspecified atom stereocenters. The fourth-order valence-electron chi connectivity index (χ4n) is 1.77. The Kier molecular flexibility index (Phi) is 3.75. The molecule has 0 spiro atoms. The number of nitrogens with one attached hydrogen (secondary N) is 1. The average Bonchev–Trinajstić information content (AvgIpc) is 2.89. The van der Waals surface area contributed by atoms with Crippen molar-refractivity contribution >= 4 is 5.91 Å². The van der Waals surface area contributed by atoms with Gasteiger partial charge >= 0.3 is 6.18 Å². The molecule has 20 heavy (non-hydrogen) atoms. The van der Waals surface area contributed by atoms with Crippen LogP contribution in [0.25, 0.3) is 0 Å². The number of halogens is 3. The number of carbonyl (C=O) groups excluding carboxylic acids is 1. The number of amides is 1. The first-order valence-corrected chi connectivity index (χ1v) is 5.61. The monoisotopic (exact) mass is 284 g/mol. The molecular formula is C12H11F3N4O. The van der Waals surface area contributed by atoms with Crippen LogP contribution in [0.2, 0.25) is 0 Å². The van der Waals surface area contributed by atoms with Crippen molar-refractivity contribution in [3.8, 4) is 0 Å². The van der Waals surface area contributed by atoms with Gasteiger partial charge in [0.2, 0.25) is 0 Å². The Morgan fingerprint density at radius 1 is 1.25 bits per heavy atom. The highest BCUT2D eigenvalue weighted by atomic mass is 19.4. The van der Waals surface area contributed by atoms with Crippen molar-refractivity contribution in [1.82, 2.24) is 15.2 Å². The number of benzene rings is 1. The SMILES string of the molecule is NNC(=O)C(c1ccccc1)n1ccc(C(F)(F)F)n1. The van der Waals surface area contributed by atoms with Gasteiger partial charge in [-0.3, -0.25) is 14.9 Å². The van der Waals surface area contributed by atoms with E-state index in [0.717, 1.165) is 16.9 Å². The molecular weight excluding hydrogens is 273 g/mol. The molecule has 0 radical (unpaired) electrons. The van der Waals surface area contributed by atoms with Gasteiger partial charge in [-0.25, -0.2) is 5.84 Å². The van der Waals surface area contributed by atoms with Crippen LogP contribution in [0.15, 0.2) is 42.6 Å². The van der Waals surface area contributed by atoms with Crippen LogP contribution in [0.1, 0.15) is 17.3 Å². The Hall–Kier alpha value is -2.35. The van der Waals surface area contributed by atoms with Gasteiger partial charge in [0, 0.05) is 6.20 Å². The van der Waals surface area contributed by atoms with Crippen molar-refractivity contribution in [3.63, 3.8) is 0 Å². The third-order valence-corrected chi connectivity index (χ3v) is 2.67. The van der Waals surface area contributed by atoms with E-state index in [-0.39, 0.29) is 0 Å². The van der Waals surface area contributed by atoms with Gasteiger partial charge in [0.15, 0.2) is 11.7 Å². The van der Waals surface area contributed by atoms with Crippen LogP contribution in [0, 0.1) is 0 Å². The van der Waals surface area contributed by atoms with Gasteiger partial charge in [0.05, 0.1) is 0 Å². The summed E-state index contributed by atoms with van der Waals surface area (Å²) < 4.78 is 38.6. The Labute approximate surface area is 112 Å². The Morgan fingerprint density at radius 2 is 1.90 bits per heavy atom. The summed E-state index contributed by atoms with van der Waals surface area (Å²) in [5.74, 6) is 4.42. The lowest BCUT2D eigenvalue weighted by Crippen LogP contribution is -2.38. The molecule has 5 nitrogen and oxygen atoms in total. The van der Waals surface area contributed by atoms with Gasteiger partial charge in [-0.2, -0.15) is 18.3 Å². The third-order valence-electron chi connectivity index (χ3n) is 2.67. The quantitative estimate of drug-likeness (QED) is 0.509. The zero-order valence-electron chi connectivity index (χ0n) is 10.1. The smallest absolute Gasteiger partial charge is 0.292 e. The van der Waals surface area contributed by atoms with Gasteiger partial charge in [-0.1, -0.05) is 30.3 Å². The van der Waals surface area contributed by atoms with Crippen LogP contribution in [-0.2, 0) is 11.0 Å². The molecule has 0 fully saturated rings. The summed E-state index contributed by atoms with van der Waals surface area (Å²) in [5, 5.41) is 3.40. The number of aromatic nitrogens is 2. The second-order valence-corrected chi connectivity index (χ2v) is 4.00. The summed E-state index contributed by atoms with van der Waals surface area (Å²) in [6, 6.07) is 8.02. The molecule has 0 aliphatic carbocycles. The highest BCUT2D eigenvalue weighted by Crippen LogP contribution is 2.28. The first-order valence-electron chi connectivity index (χ1n) is 5.61. The van der Waals surface area contributed by atoms with Gasteiger partial charge in [-0.15, -0.1) is 0 Å². The molecule has 0 aliphatic rings. The summed E-state index contributed by atoms with van der Waals surface area (Å²) in [7, 11) is 0. The van der Waals surface area contributed by atoms with Crippen LogP contribution in [0.3, 0.4) is 0 Å². The van der Waals surface area contributed by atoms with Crippen molar-refractivity contribution < 1.29 is 18.0 Å². The van der Waals surface area contributed by atoms with Crippen molar-refractivity contribution in [3.05, 3.63) is 53.9 Å². The number of alkyl halides is 3. The van der Waals surface area contributed by atoms with Crippen molar-refractivity contribution in [2.24, 2.45) is 5.84 Å². The van der Waals surface area contributed by atoms with Gasteiger partial charge in [-0.05, 0) is 11.6 Å². The predicted molar refractivity (Wildman–Crippen MR) is 64.1 cm³/mol. The number of nitrogens with zero attached hydrogens (tertiary/aromatic N) is 2. The van der Waals surface area contributed by atoms with E-state index >= 15 is 0 Å². The molecule has 1 aromatic carbocycles. The number of hydrazine groups is 1. The van der Waals surface area contributed by atoms with Crippen molar-refractivity contribution in [2.75, 3.05) is 0 Å². The maximum Gasteiger partial charge on any atom is 0.435 e. The molecule has 0 aliphatic heterocycles. The topological polar surface area (TPSA) is 72.9 Å². The third kappa shape index (κ3) is 2.80. The number of carbonyl (C=O) groups is 1. The molecule has 1 atom stereocenters. The zero-order valence-corrected chi connectivity index (χ0v) is 10.1. The fourth-order valence-corrected chi connectivity index (χ4v) is 1.77. The number of hydrogen-bond donors (Lipinski definition) is 2. The Bertz CT molecular complexity index is 594. The molecule has 0 saturated heterocycles.